The minimum absolute atomic E-state index is 0.0726. The zero-order valence-electron chi connectivity index (χ0n) is 15.6. The van der Waals surface area contributed by atoms with Crippen molar-refractivity contribution in [3.05, 3.63) is 68.5 Å². The molecule has 0 radical (unpaired) electrons. The highest BCUT2D eigenvalue weighted by Crippen LogP contribution is 2.31. The van der Waals surface area contributed by atoms with Gasteiger partial charge in [0.25, 0.3) is 0 Å². The van der Waals surface area contributed by atoms with E-state index in [0.29, 0.717) is 16.3 Å². The largest absolute Gasteiger partial charge is 0.463 e. The van der Waals surface area contributed by atoms with Crippen molar-refractivity contribution in [3.63, 3.8) is 0 Å². The van der Waals surface area contributed by atoms with Gasteiger partial charge in [0.2, 0.25) is 0 Å². The smallest absolute Gasteiger partial charge is 0.338 e. The molecule has 0 saturated carbocycles. The van der Waals surface area contributed by atoms with Gasteiger partial charge in [-0.15, -0.1) is 11.3 Å². The predicted octanol–water partition coefficient (Wildman–Crippen LogP) is 3.92. The molecule has 1 aromatic carbocycles. The fourth-order valence-electron chi connectivity index (χ4n) is 3.07. The van der Waals surface area contributed by atoms with E-state index < -0.39 is 12.0 Å². The normalized spacial score (nSPS) is 17.7. The van der Waals surface area contributed by atoms with Crippen LogP contribution in [0.15, 0.2) is 53.0 Å². The van der Waals surface area contributed by atoms with Crippen LogP contribution in [0.5, 0.6) is 0 Å². The van der Waals surface area contributed by atoms with E-state index in [9.17, 15) is 9.59 Å². The molecule has 2 aromatic rings. The number of rotatable bonds is 7. The number of thiophene rings is 1. The van der Waals surface area contributed by atoms with Crippen molar-refractivity contribution in [2.45, 2.75) is 25.9 Å². The molecule has 6 nitrogen and oxygen atoms in total. The first-order chi connectivity index (χ1) is 13.5. The van der Waals surface area contributed by atoms with E-state index in [1.165, 1.54) is 11.3 Å². The van der Waals surface area contributed by atoms with Crippen LogP contribution in [0.4, 0.5) is 4.79 Å². The molecule has 0 spiro atoms. The molecule has 28 heavy (non-hydrogen) atoms. The van der Waals surface area contributed by atoms with Gasteiger partial charge in [-0.05, 0) is 36.9 Å². The van der Waals surface area contributed by atoms with E-state index in [4.69, 9.17) is 16.3 Å². The first kappa shape index (κ1) is 20.4. The van der Waals surface area contributed by atoms with Crippen LogP contribution < -0.4 is 16.0 Å². The van der Waals surface area contributed by atoms with E-state index in [2.05, 4.69) is 16.0 Å². The lowest BCUT2D eigenvalue weighted by Crippen LogP contribution is -2.48. The van der Waals surface area contributed by atoms with Crippen LogP contribution >= 0.6 is 22.9 Å². The van der Waals surface area contributed by atoms with Crippen molar-refractivity contribution in [1.82, 2.24) is 16.0 Å². The summed E-state index contributed by atoms with van der Waals surface area (Å²) in [6.07, 6.45) is 0. The van der Waals surface area contributed by atoms with Crippen molar-refractivity contribution in [2.75, 3.05) is 13.2 Å². The fraction of sp³-hybridized carbons (Fsp3) is 0.300. The highest BCUT2D eigenvalue weighted by molar-refractivity contribution is 7.10. The van der Waals surface area contributed by atoms with Crippen molar-refractivity contribution < 1.29 is 14.3 Å². The number of hydrogen-bond donors (Lipinski definition) is 3. The average molecular weight is 420 g/mol. The summed E-state index contributed by atoms with van der Waals surface area (Å²) in [5.41, 5.74) is 1.85. The average Bonchev–Trinajstić information content (AvgIpc) is 3.20. The minimum atomic E-state index is -0.541. The molecule has 8 heteroatoms. The standard InChI is InChI=1S/C20H22ClN3O3S/c1-3-27-19(25)17-15(11-22-12(2)13-7-4-5-8-14(13)21)23-20(26)24-18(17)16-9-6-10-28-16/h4-10,12,18,22H,3,11H2,1-2H3,(H2,23,24,26). The molecule has 2 unspecified atom stereocenters. The van der Waals surface area contributed by atoms with Gasteiger partial charge in [0, 0.05) is 28.2 Å². The van der Waals surface area contributed by atoms with Gasteiger partial charge in [-0.2, -0.15) is 0 Å². The molecule has 1 aliphatic heterocycles. The third kappa shape index (κ3) is 4.55. The number of nitrogens with one attached hydrogen (secondary N) is 3. The highest BCUT2D eigenvalue weighted by atomic mass is 35.5. The summed E-state index contributed by atoms with van der Waals surface area (Å²) >= 11 is 7.74. The van der Waals surface area contributed by atoms with Crippen LogP contribution in [-0.4, -0.2) is 25.2 Å². The number of ether oxygens (including phenoxy) is 1. The Kier molecular flexibility index (Phi) is 6.72. The Balaban J connectivity index is 1.89. The zero-order valence-corrected chi connectivity index (χ0v) is 17.2. The zero-order chi connectivity index (χ0) is 20.1. The maximum absolute atomic E-state index is 12.7. The SMILES string of the molecule is CCOC(=O)C1=C(CNC(C)c2ccccc2Cl)NC(=O)NC1c1cccs1. The summed E-state index contributed by atoms with van der Waals surface area (Å²) in [6.45, 7) is 4.27. The summed E-state index contributed by atoms with van der Waals surface area (Å²) in [4.78, 5) is 25.8. The van der Waals surface area contributed by atoms with E-state index in [1.807, 2.05) is 48.7 Å². The molecule has 3 rings (SSSR count). The predicted molar refractivity (Wildman–Crippen MR) is 110 cm³/mol. The van der Waals surface area contributed by atoms with Gasteiger partial charge in [-0.3, -0.25) is 0 Å². The molecule has 148 valence electrons. The number of benzene rings is 1. The number of halogens is 1. The second-order valence-electron chi connectivity index (χ2n) is 6.28. The maximum Gasteiger partial charge on any atom is 0.338 e. The van der Waals surface area contributed by atoms with Gasteiger partial charge in [0.15, 0.2) is 0 Å². The van der Waals surface area contributed by atoms with Crippen molar-refractivity contribution in [3.8, 4) is 0 Å². The van der Waals surface area contributed by atoms with Crippen LogP contribution in [0, 0.1) is 0 Å². The Morgan fingerprint density at radius 1 is 1.32 bits per heavy atom. The van der Waals surface area contributed by atoms with E-state index in [0.717, 1.165) is 10.4 Å². The maximum atomic E-state index is 12.7. The van der Waals surface area contributed by atoms with Gasteiger partial charge in [0.05, 0.1) is 18.2 Å². The summed E-state index contributed by atoms with van der Waals surface area (Å²) in [6, 6.07) is 10.4. The molecule has 1 aromatic heterocycles. The van der Waals surface area contributed by atoms with Crippen LogP contribution in [0.2, 0.25) is 5.02 Å². The molecule has 2 atom stereocenters. The van der Waals surface area contributed by atoms with Crippen LogP contribution in [0.25, 0.3) is 0 Å². The number of esters is 1. The number of amides is 2. The summed E-state index contributed by atoms with van der Waals surface area (Å²) < 4.78 is 5.25. The van der Waals surface area contributed by atoms with Crippen molar-refractivity contribution >= 4 is 34.9 Å². The highest BCUT2D eigenvalue weighted by Gasteiger charge is 2.34. The minimum Gasteiger partial charge on any atom is -0.463 e. The third-order valence-electron chi connectivity index (χ3n) is 4.43. The van der Waals surface area contributed by atoms with Gasteiger partial charge in [-0.25, -0.2) is 9.59 Å². The number of carbonyl (C=O) groups is 2. The molecule has 0 aliphatic carbocycles. The Hall–Kier alpha value is -2.35. The molecule has 0 bridgehead atoms. The Bertz CT molecular complexity index is 883. The molecule has 2 heterocycles. The van der Waals surface area contributed by atoms with Gasteiger partial charge in [-0.1, -0.05) is 35.9 Å². The molecule has 0 fully saturated rings. The Morgan fingerprint density at radius 3 is 2.79 bits per heavy atom. The molecular formula is C20H22ClN3O3S. The first-order valence-corrected chi connectivity index (χ1v) is 10.3. The van der Waals surface area contributed by atoms with E-state index >= 15 is 0 Å². The first-order valence-electron chi connectivity index (χ1n) is 9.00. The van der Waals surface area contributed by atoms with Crippen LogP contribution in [0.3, 0.4) is 0 Å². The van der Waals surface area contributed by atoms with E-state index in [-0.39, 0.29) is 25.2 Å². The lowest BCUT2D eigenvalue weighted by Gasteiger charge is -2.29. The summed E-state index contributed by atoms with van der Waals surface area (Å²) in [7, 11) is 0. The second-order valence-corrected chi connectivity index (χ2v) is 7.67. The van der Waals surface area contributed by atoms with Crippen molar-refractivity contribution in [1.29, 1.82) is 0 Å². The second kappa shape index (κ2) is 9.23. The molecule has 0 saturated heterocycles. The topological polar surface area (TPSA) is 79.5 Å². The van der Waals surface area contributed by atoms with Crippen molar-refractivity contribution in [2.24, 2.45) is 0 Å². The Labute approximate surface area is 172 Å². The van der Waals surface area contributed by atoms with Gasteiger partial charge < -0.3 is 20.7 Å². The quantitative estimate of drug-likeness (QED) is 0.594. The number of hydrogen-bond acceptors (Lipinski definition) is 5. The Morgan fingerprint density at radius 2 is 2.11 bits per heavy atom. The van der Waals surface area contributed by atoms with E-state index in [1.54, 1.807) is 6.92 Å². The number of urea groups is 1. The molecule has 2 amide bonds. The fourth-order valence-corrected chi connectivity index (χ4v) is 4.15. The lowest BCUT2D eigenvalue weighted by molar-refractivity contribution is -0.139. The molecule has 3 N–H and O–H groups in total. The van der Waals surface area contributed by atoms with Gasteiger partial charge >= 0.3 is 12.0 Å². The summed E-state index contributed by atoms with van der Waals surface area (Å²) in [5.74, 6) is -0.449. The lowest BCUT2D eigenvalue weighted by atomic mass is 10.0. The molecule has 1 aliphatic rings. The summed E-state index contributed by atoms with van der Waals surface area (Å²) in [5, 5.41) is 11.5. The third-order valence-corrected chi connectivity index (χ3v) is 5.71. The molecular weight excluding hydrogens is 398 g/mol. The van der Waals surface area contributed by atoms with Crippen LogP contribution in [0.1, 0.15) is 36.4 Å². The monoisotopic (exact) mass is 419 g/mol. The number of carbonyl (C=O) groups excluding carboxylic acids is 2. The van der Waals surface area contributed by atoms with Gasteiger partial charge in [0.1, 0.15) is 0 Å². The van der Waals surface area contributed by atoms with Crippen LogP contribution in [-0.2, 0) is 9.53 Å².